The van der Waals surface area contributed by atoms with E-state index in [4.69, 9.17) is 14.2 Å². The highest BCUT2D eigenvalue weighted by Crippen LogP contribution is 2.41. The summed E-state index contributed by atoms with van der Waals surface area (Å²) in [5.74, 6) is -1.29. The van der Waals surface area contributed by atoms with Crippen molar-refractivity contribution in [2.45, 2.75) is 25.9 Å². The number of esters is 1. The number of rotatable bonds is 7. The van der Waals surface area contributed by atoms with Crippen LogP contribution in [0.5, 0.6) is 11.5 Å². The minimum atomic E-state index is -0.869. The third-order valence-electron chi connectivity index (χ3n) is 6.34. The number of carbonyl (C=O) groups excluding carboxylic acids is 3. The molecular weight excluding hydrogens is 488 g/mol. The topological polar surface area (TPSA) is 115 Å². The Morgan fingerprint density at radius 1 is 1.05 bits per heavy atom. The number of nitrogens with zero attached hydrogens (tertiary/aromatic N) is 2. The number of ether oxygens (including phenoxy) is 3. The molecule has 0 bridgehead atoms. The molecule has 2 aliphatic heterocycles. The third-order valence-corrected chi connectivity index (χ3v) is 6.34. The van der Waals surface area contributed by atoms with E-state index in [1.165, 1.54) is 4.90 Å². The number of aliphatic hydroxyl groups excluding tert-OH is 1. The lowest BCUT2D eigenvalue weighted by Crippen LogP contribution is -2.29. The average molecular weight is 515 g/mol. The molecule has 9 heteroatoms. The zero-order valence-corrected chi connectivity index (χ0v) is 20.8. The van der Waals surface area contributed by atoms with E-state index in [0.29, 0.717) is 53.6 Å². The van der Waals surface area contributed by atoms with Crippen LogP contribution < -0.4 is 9.47 Å². The van der Waals surface area contributed by atoms with Crippen LogP contribution in [0.3, 0.4) is 0 Å². The fraction of sp³-hybridized carbons (Fsp3) is 0.241. The predicted octanol–water partition coefficient (Wildman–Crippen LogP) is 4.04. The van der Waals surface area contributed by atoms with Crippen molar-refractivity contribution in [1.29, 1.82) is 0 Å². The number of carbonyl (C=O) groups is 3. The van der Waals surface area contributed by atoms with Gasteiger partial charge < -0.3 is 24.2 Å². The fourth-order valence-corrected chi connectivity index (χ4v) is 4.49. The van der Waals surface area contributed by atoms with Gasteiger partial charge >= 0.3 is 5.97 Å². The van der Waals surface area contributed by atoms with Crippen molar-refractivity contribution in [3.05, 3.63) is 94.8 Å². The van der Waals surface area contributed by atoms with Crippen molar-refractivity contribution in [2.24, 2.45) is 0 Å². The molecule has 38 heavy (non-hydrogen) atoms. The maximum atomic E-state index is 13.3. The summed E-state index contributed by atoms with van der Waals surface area (Å²) in [4.78, 5) is 44.2. The maximum absolute atomic E-state index is 13.3. The number of amides is 1. The van der Waals surface area contributed by atoms with Crippen LogP contribution in [-0.4, -0.2) is 52.5 Å². The van der Waals surface area contributed by atoms with Crippen molar-refractivity contribution < 1.29 is 33.7 Å². The van der Waals surface area contributed by atoms with Gasteiger partial charge in [0.1, 0.15) is 19.0 Å². The highest BCUT2D eigenvalue weighted by atomic mass is 16.6. The van der Waals surface area contributed by atoms with Gasteiger partial charge in [-0.25, -0.2) is 4.79 Å². The molecule has 1 unspecified atom stereocenters. The predicted molar refractivity (Wildman–Crippen MR) is 137 cm³/mol. The van der Waals surface area contributed by atoms with E-state index in [2.05, 4.69) is 4.98 Å². The molecule has 0 aliphatic carbocycles. The van der Waals surface area contributed by atoms with Crippen molar-refractivity contribution in [2.75, 3.05) is 19.8 Å². The molecule has 2 aromatic carbocycles. The minimum Gasteiger partial charge on any atom is -0.507 e. The summed E-state index contributed by atoms with van der Waals surface area (Å²) in [6.45, 7) is 3.11. The number of pyridine rings is 1. The van der Waals surface area contributed by atoms with Crippen LogP contribution in [0.2, 0.25) is 0 Å². The number of Topliss-reactive ketones (excluding diaryl/α,β-unsaturated/α-hetero) is 1. The lowest BCUT2D eigenvalue weighted by Gasteiger charge is -2.25. The van der Waals surface area contributed by atoms with Crippen LogP contribution in [0.4, 0.5) is 0 Å². The van der Waals surface area contributed by atoms with E-state index < -0.39 is 23.7 Å². The minimum absolute atomic E-state index is 0.0422. The molecule has 194 valence electrons. The molecule has 1 fully saturated rings. The molecule has 0 radical (unpaired) electrons. The van der Waals surface area contributed by atoms with Crippen molar-refractivity contribution in [3.63, 3.8) is 0 Å². The summed E-state index contributed by atoms with van der Waals surface area (Å²) in [5, 5.41) is 11.3. The Kier molecular flexibility index (Phi) is 7.08. The first kappa shape index (κ1) is 25.0. The molecule has 1 atom stereocenters. The monoisotopic (exact) mass is 514 g/mol. The SMILES string of the molecule is CCCOC(=O)c1ccc(CN2C(=O)C(=O)/C(=C(\O)c3ccc4c(c3)OCCO4)C2c2cccnc2)cc1. The van der Waals surface area contributed by atoms with E-state index in [1.807, 2.05) is 6.92 Å². The second-order valence-electron chi connectivity index (χ2n) is 8.90. The Bertz CT molecular complexity index is 1400. The summed E-state index contributed by atoms with van der Waals surface area (Å²) in [5.41, 5.74) is 1.96. The van der Waals surface area contributed by atoms with Gasteiger partial charge in [-0.3, -0.25) is 14.6 Å². The third kappa shape index (κ3) is 4.82. The average Bonchev–Trinajstić information content (AvgIpc) is 3.21. The summed E-state index contributed by atoms with van der Waals surface area (Å²) in [7, 11) is 0. The molecule has 1 amide bonds. The largest absolute Gasteiger partial charge is 0.507 e. The smallest absolute Gasteiger partial charge is 0.338 e. The van der Waals surface area contributed by atoms with Gasteiger partial charge in [-0.15, -0.1) is 0 Å². The highest BCUT2D eigenvalue weighted by Gasteiger charge is 2.46. The molecular formula is C29H26N2O7. The Balaban J connectivity index is 1.50. The number of hydrogen-bond acceptors (Lipinski definition) is 8. The first-order chi connectivity index (χ1) is 18.5. The lowest BCUT2D eigenvalue weighted by molar-refractivity contribution is -0.140. The normalized spacial score (nSPS) is 17.9. The van der Waals surface area contributed by atoms with Crippen molar-refractivity contribution in [3.8, 4) is 11.5 Å². The van der Waals surface area contributed by atoms with Gasteiger partial charge in [-0.05, 0) is 53.9 Å². The van der Waals surface area contributed by atoms with Crippen LogP contribution in [0.1, 0.15) is 46.4 Å². The number of likely N-dealkylation sites (tertiary alicyclic amines) is 1. The number of aromatic nitrogens is 1. The molecule has 9 nitrogen and oxygen atoms in total. The molecule has 5 rings (SSSR count). The fourth-order valence-electron chi connectivity index (χ4n) is 4.49. The van der Waals surface area contributed by atoms with E-state index in [1.54, 1.807) is 67.0 Å². The zero-order valence-electron chi connectivity index (χ0n) is 20.8. The summed E-state index contributed by atoms with van der Waals surface area (Å²) in [6.07, 6.45) is 3.87. The second-order valence-corrected chi connectivity index (χ2v) is 8.90. The van der Waals surface area contributed by atoms with Crippen LogP contribution in [0.25, 0.3) is 5.76 Å². The zero-order chi connectivity index (χ0) is 26.6. The van der Waals surface area contributed by atoms with E-state index in [9.17, 15) is 19.5 Å². The summed E-state index contributed by atoms with van der Waals surface area (Å²) in [6, 6.07) is 14.1. The highest BCUT2D eigenvalue weighted by molar-refractivity contribution is 6.46. The van der Waals surface area contributed by atoms with Gasteiger partial charge in [0.05, 0.1) is 23.8 Å². The molecule has 1 aromatic heterocycles. The molecule has 1 saturated heterocycles. The van der Waals surface area contributed by atoms with Gasteiger partial charge in [0.15, 0.2) is 11.5 Å². The van der Waals surface area contributed by atoms with Gasteiger partial charge in [0.2, 0.25) is 0 Å². The molecule has 0 saturated carbocycles. The number of aliphatic hydroxyl groups is 1. The second kappa shape index (κ2) is 10.8. The summed E-state index contributed by atoms with van der Waals surface area (Å²) >= 11 is 0. The van der Waals surface area contributed by atoms with Crippen LogP contribution >= 0.6 is 0 Å². The van der Waals surface area contributed by atoms with Crippen LogP contribution in [0.15, 0.2) is 72.6 Å². The number of benzene rings is 2. The Hall–Kier alpha value is -4.66. The first-order valence-electron chi connectivity index (χ1n) is 12.3. The lowest BCUT2D eigenvalue weighted by atomic mass is 9.96. The van der Waals surface area contributed by atoms with Crippen molar-refractivity contribution in [1.82, 2.24) is 9.88 Å². The van der Waals surface area contributed by atoms with E-state index >= 15 is 0 Å². The molecule has 2 aliphatic rings. The number of fused-ring (bicyclic) bond motifs is 1. The van der Waals surface area contributed by atoms with E-state index in [-0.39, 0.29) is 17.9 Å². The quantitative estimate of drug-likeness (QED) is 0.217. The Labute approximate surface area is 219 Å². The summed E-state index contributed by atoms with van der Waals surface area (Å²) < 4.78 is 16.3. The number of hydrogen-bond donors (Lipinski definition) is 1. The standard InChI is InChI=1S/C29H26N2O7/c1-2-12-38-29(35)19-7-5-18(6-8-19)17-31-25(21-4-3-11-30-16-21)24(27(33)28(31)34)26(32)20-9-10-22-23(15-20)37-14-13-36-22/h3-11,15-16,25,32H,2,12-14,17H2,1H3/b26-24-. The molecule has 3 aromatic rings. The molecule has 3 heterocycles. The van der Waals surface area contributed by atoms with Crippen LogP contribution in [0, 0.1) is 0 Å². The number of ketones is 1. The van der Waals surface area contributed by atoms with Crippen molar-refractivity contribution >= 4 is 23.4 Å². The van der Waals surface area contributed by atoms with Crippen LogP contribution in [-0.2, 0) is 20.9 Å². The maximum Gasteiger partial charge on any atom is 0.338 e. The van der Waals surface area contributed by atoms with Gasteiger partial charge in [0, 0.05) is 24.5 Å². The van der Waals surface area contributed by atoms with Gasteiger partial charge in [-0.2, -0.15) is 0 Å². The van der Waals surface area contributed by atoms with E-state index in [0.717, 1.165) is 6.42 Å². The Morgan fingerprint density at radius 3 is 2.50 bits per heavy atom. The molecule has 0 spiro atoms. The first-order valence-corrected chi connectivity index (χ1v) is 12.3. The van der Waals surface area contributed by atoms with Gasteiger partial charge in [0.25, 0.3) is 11.7 Å². The molecule has 1 N–H and O–H groups in total. The van der Waals surface area contributed by atoms with Gasteiger partial charge in [-0.1, -0.05) is 25.1 Å². The Morgan fingerprint density at radius 2 is 1.79 bits per heavy atom.